The number of carboxylic acids is 1. The Morgan fingerprint density at radius 2 is 2.07 bits per heavy atom. The normalized spacial score (nSPS) is 14.6. The summed E-state index contributed by atoms with van der Waals surface area (Å²) in [7, 11) is 1.58. The molecule has 15 heavy (non-hydrogen) atoms. The first-order valence-corrected chi connectivity index (χ1v) is 4.64. The molecule has 0 fully saturated rings. The van der Waals surface area contributed by atoms with Gasteiger partial charge in [-0.2, -0.15) is 0 Å². The number of ether oxygens (including phenoxy) is 1. The third-order valence-corrected chi connectivity index (χ3v) is 2.50. The minimum Gasteiger partial charge on any atom is -0.478 e. The van der Waals surface area contributed by atoms with E-state index in [1.165, 1.54) is 12.4 Å². The Morgan fingerprint density at radius 1 is 1.53 bits per heavy atom. The van der Waals surface area contributed by atoms with Crippen LogP contribution >= 0.6 is 0 Å². The van der Waals surface area contributed by atoms with Gasteiger partial charge in [0.05, 0.1) is 5.56 Å². The predicted octanol–water partition coefficient (Wildman–Crippen LogP) is 1.45. The molecule has 0 saturated heterocycles. The summed E-state index contributed by atoms with van der Waals surface area (Å²) in [5.41, 5.74) is -0.481. The van der Waals surface area contributed by atoms with Crippen LogP contribution in [0, 0.1) is 0 Å². The summed E-state index contributed by atoms with van der Waals surface area (Å²) >= 11 is 0. The molecule has 0 aliphatic rings. The molecule has 0 saturated carbocycles. The Hall–Kier alpha value is -1.49. The van der Waals surface area contributed by atoms with E-state index in [1.54, 1.807) is 7.11 Å². The van der Waals surface area contributed by atoms with Crippen molar-refractivity contribution < 1.29 is 14.6 Å². The monoisotopic (exact) mass is 210 g/mol. The minimum absolute atomic E-state index is 0.0771. The molecule has 1 atom stereocenters. The lowest BCUT2D eigenvalue weighted by atomic mass is 10.0. The van der Waals surface area contributed by atoms with Gasteiger partial charge in [-0.1, -0.05) is 6.92 Å². The predicted molar refractivity (Wildman–Crippen MR) is 53.6 cm³/mol. The molecule has 0 spiro atoms. The van der Waals surface area contributed by atoms with Gasteiger partial charge < -0.3 is 9.84 Å². The van der Waals surface area contributed by atoms with E-state index in [1.807, 2.05) is 13.8 Å². The van der Waals surface area contributed by atoms with E-state index < -0.39 is 11.6 Å². The van der Waals surface area contributed by atoms with E-state index in [0.717, 1.165) is 6.42 Å². The van der Waals surface area contributed by atoms with Crippen LogP contribution in [0.25, 0.3) is 0 Å². The minimum atomic E-state index is -1.03. The van der Waals surface area contributed by atoms with Crippen LogP contribution in [-0.4, -0.2) is 28.2 Å². The van der Waals surface area contributed by atoms with Gasteiger partial charge in [0, 0.05) is 19.5 Å². The SMILES string of the molecule is CCC(C)(OC)c1ncc(C(=O)O)cn1. The fraction of sp³-hybridized carbons (Fsp3) is 0.500. The Morgan fingerprint density at radius 3 is 2.40 bits per heavy atom. The van der Waals surface area contributed by atoms with E-state index in [0.29, 0.717) is 5.82 Å². The van der Waals surface area contributed by atoms with Crippen LogP contribution < -0.4 is 0 Å². The molecule has 0 aromatic carbocycles. The van der Waals surface area contributed by atoms with Crippen LogP contribution in [0.2, 0.25) is 0 Å². The molecule has 82 valence electrons. The maximum Gasteiger partial charge on any atom is 0.338 e. The molecule has 0 aliphatic carbocycles. The fourth-order valence-corrected chi connectivity index (χ4v) is 1.11. The van der Waals surface area contributed by atoms with E-state index in [2.05, 4.69) is 9.97 Å². The first-order chi connectivity index (χ1) is 7.03. The lowest BCUT2D eigenvalue weighted by molar-refractivity contribution is -0.00906. The quantitative estimate of drug-likeness (QED) is 0.814. The molecule has 0 amide bonds. The Balaban J connectivity index is 3.02. The van der Waals surface area contributed by atoms with Gasteiger partial charge in [-0.3, -0.25) is 0 Å². The largest absolute Gasteiger partial charge is 0.478 e. The molecular weight excluding hydrogens is 196 g/mol. The number of rotatable bonds is 4. The summed E-state index contributed by atoms with van der Waals surface area (Å²) in [6.07, 6.45) is 3.30. The molecule has 5 heteroatoms. The second-order valence-electron chi connectivity index (χ2n) is 3.39. The lowest BCUT2D eigenvalue weighted by Crippen LogP contribution is -2.26. The first kappa shape index (κ1) is 11.6. The molecule has 0 aliphatic heterocycles. The highest BCUT2D eigenvalue weighted by Crippen LogP contribution is 2.24. The fourth-order valence-electron chi connectivity index (χ4n) is 1.11. The number of methoxy groups -OCH3 is 1. The highest BCUT2D eigenvalue weighted by Gasteiger charge is 2.27. The van der Waals surface area contributed by atoms with Crippen molar-refractivity contribution in [1.29, 1.82) is 0 Å². The van der Waals surface area contributed by atoms with Crippen LogP contribution in [0.15, 0.2) is 12.4 Å². The zero-order valence-electron chi connectivity index (χ0n) is 9.02. The second-order valence-corrected chi connectivity index (χ2v) is 3.39. The zero-order valence-corrected chi connectivity index (χ0v) is 9.02. The van der Waals surface area contributed by atoms with Crippen molar-refractivity contribution in [3.63, 3.8) is 0 Å². The highest BCUT2D eigenvalue weighted by atomic mass is 16.5. The van der Waals surface area contributed by atoms with Gasteiger partial charge in [0.25, 0.3) is 0 Å². The molecule has 1 unspecified atom stereocenters. The standard InChI is InChI=1S/C10H14N2O3/c1-4-10(2,15-3)9-11-5-7(6-12-9)8(13)14/h5-6H,4H2,1-3H3,(H,13,14). The number of hydrogen-bond donors (Lipinski definition) is 1. The number of aromatic carboxylic acids is 1. The van der Waals surface area contributed by atoms with Crippen LogP contribution in [0.3, 0.4) is 0 Å². The number of carboxylic acid groups (broad SMARTS) is 1. The van der Waals surface area contributed by atoms with Crippen molar-refractivity contribution >= 4 is 5.97 Å². The zero-order chi connectivity index (χ0) is 11.5. The van der Waals surface area contributed by atoms with Crippen LogP contribution in [0.5, 0.6) is 0 Å². The summed E-state index contributed by atoms with van der Waals surface area (Å²) in [5.74, 6) is -0.533. The van der Waals surface area contributed by atoms with Crippen LogP contribution in [0.4, 0.5) is 0 Å². The van der Waals surface area contributed by atoms with E-state index in [9.17, 15) is 4.79 Å². The molecule has 0 radical (unpaired) electrons. The first-order valence-electron chi connectivity index (χ1n) is 4.64. The second kappa shape index (κ2) is 4.35. The summed E-state index contributed by atoms with van der Waals surface area (Å²) < 4.78 is 5.30. The number of aromatic nitrogens is 2. The van der Waals surface area contributed by atoms with Crippen LogP contribution in [-0.2, 0) is 10.3 Å². The average Bonchev–Trinajstić information content (AvgIpc) is 2.28. The molecule has 5 nitrogen and oxygen atoms in total. The molecule has 1 aromatic rings. The Kier molecular flexibility index (Phi) is 3.36. The van der Waals surface area contributed by atoms with Crippen LogP contribution in [0.1, 0.15) is 36.5 Å². The molecule has 1 rings (SSSR count). The third-order valence-electron chi connectivity index (χ3n) is 2.50. The van der Waals surface area contributed by atoms with Crippen molar-refractivity contribution in [2.24, 2.45) is 0 Å². The van der Waals surface area contributed by atoms with Crippen molar-refractivity contribution in [3.8, 4) is 0 Å². The number of hydrogen-bond acceptors (Lipinski definition) is 4. The molecule has 0 bridgehead atoms. The topological polar surface area (TPSA) is 72.3 Å². The van der Waals surface area contributed by atoms with Crippen molar-refractivity contribution in [2.45, 2.75) is 25.9 Å². The molecule has 1 aromatic heterocycles. The number of carbonyl (C=O) groups is 1. The highest BCUT2D eigenvalue weighted by molar-refractivity contribution is 5.86. The van der Waals surface area contributed by atoms with E-state index >= 15 is 0 Å². The maximum absolute atomic E-state index is 10.6. The van der Waals surface area contributed by atoms with E-state index in [4.69, 9.17) is 9.84 Å². The smallest absolute Gasteiger partial charge is 0.338 e. The van der Waals surface area contributed by atoms with Crippen molar-refractivity contribution in [3.05, 3.63) is 23.8 Å². The summed E-state index contributed by atoms with van der Waals surface area (Å²) in [6, 6.07) is 0. The summed E-state index contributed by atoms with van der Waals surface area (Å²) in [4.78, 5) is 18.6. The number of nitrogens with zero attached hydrogens (tertiary/aromatic N) is 2. The summed E-state index contributed by atoms with van der Waals surface area (Å²) in [5, 5.41) is 8.68. The summed E-state index contributed by atoms with van der Waals surface area (Å²) in [6.45, 7) is 3.82. The Labute approximate surface area is 88.1 Å². The third kappa shape index (κ3) is 2.30. The van der Waals surface area contributed by atoms with Gasteiger partial charge in [-0.15, -0.1) is 0 Å². The van der Waals surface area contributed by atoms with Gasteiger partial charge in [-0.25, -0.2) is 14.8 Å². The molecular formula is C10H14N2O3. The maximum atomic E-state index is 10.6. The van der Waals surface area contributed by atoms with Gasteiger partial charge in [-0.05, 0) is 13.3 Å². The van der Waals surface area contributed by atoms with Gasteiger partial charge in [0.2, 0.25) is 0 Å². The van der Waals surface area contributed by atoms with Gasteiger partial charge >= 0.3 is 5.97 Å². The van der Waals surface area contributed by atoms with E-state index in [-0.39, 0.29) is 5.56 Å². The van der Waals surface area contributed by atoms with Gasteiger partial charge in [0.15, 0.2) is 5.82 Å². The van der Waals surface area contributed by atoms with Crippen molar-refractivity contribution in [1.82, 2.24) is 9.97 Å². The average molecular weight is 210 g/mol. The molecule has 1 N–H and O–H groups in total. The molecule has 1 heterocycles. The van der Waals surface area contributed by atoms with Crippen molar-refractivity contribution in [2.75, 3.05) is 7.11 Å². The Bertz CT molecular complexity index is 344. The van der Waals surface area contributed by atoms with Gasteiger partial charge in [0.1, 0.15) is 5.60 Å². The lowest BCUT2D eigenvalue weighted by Gasteiger charge is -2.24.